The molecule has 2 N–H and O–H groups in total. The highest BCUT2D eigenvalue weighted by Crippen LogP contribution is 2.19. The number of carbonyl (C=O) groups is 2. The normalized spacial score (nSPS) is 10.5. The summed E-state index contributed by atoms with van der Waals surface area (Å²) in [5, 5.41) is 13.8. The van der Waals surface area contributed by atoms with E-state index in [1.54, 1.807) is 24.3 Å². The Bertz CT molecular complexity index is 880. The topological polar surface area (TPSA) is 66.4 Å². The minimum Gasteiger partial charge on any atom is -0.481 e. The highest BCUT2D eigenvalue weighted by Gasteiger charge is 2.08. The molecule has 0 heterocycles. The van der Waals surface area contributed by atoms with Crippen LogP contribution in [0.2, 0.25) is 0 Å². The molecule has 120 valence electrons. The Morgan fingerprint density at radius 1 is 0.833 bits per heavy atom. The molecule has 4 nitrogen and oxygen atoms in total. The van der Waals surface area contributed by atoms with E-state index < -0.39 is 5.97 Å². The molecule has 3 aromatic carbocycles. The summed E-state index contributed by atoms with van der Waals surface area (Å²) in [6.45, 7) is 0. The molecular formula is C20H17NO3. The number of nitrogens with one attached hydrogen (secondary N) is 1. The smallest absolute Gasteiger partial charge is 0.307 e. The van der Waals surface area contributed by atoms with Crippen LogP contribution in [-0.2, 0) is 22.4 Å². The van der Waals surface area contributed by atoms with Crippen molar-refractivity contribution in [1.82, 2.24) is 0 Å². The number of aliphatic carboxylic acids is 1. The maximum atomic E-state index is 12.3. The molecule has 0 spiro atoms. The quantitative estimate of drug-likeness (QED) is 0.754. The predicted molar refractivity (Wildman–Crippen MR) is 94.1 cm³/mol. The van der Waals surface area contributed by atoms with Gasteiger partial charge in [-0.25, -0.2) is 0 Å². The highest BCUT2D eigenvalue weighted by molar-refractivity contribution is 5.96. The zero-order valence-corrected chi connectivity index (χ0v) is 13.0. The molecule has 3 rings (SSSR count). The number of amides is 1. The molecule has 0 saturated carbocycles. The third-order valence-electron chi connectivity index (χ3n) is 3.82. The highest BCUT2D eigenvalue weighted by atomic mass is 16.4. The zero-order valence-electron chi connectivity index (χ0n) is 13.0. The fourth-order valence-electron chi connectivity index (χ4n) is 2.71. The Morgan fingerprint density at radius 3 is 2.29 bits per heavy atom. The van der Waals surface area contributed by atoms with Crippen molar-refractivity contribution in [1.29, 1.82) is 0 Å². The monoisotopic (exact) mass is 319 g/mol. The van der Waals surface area contributed by atoms with Crippen LogP contribution in [0.4, 0.5) is 5.69 Å². The third-order valence-corrected chi connectivity index (χ3v) is 3.82. The van der Waals surface area contributed by atoms with Gasteiger partial charge in [0.05, 0.1) is 12.8 Å². The number of hydrogen-bond donors (Lipinski definition) is 2. The van der Waals surface area contributed by atoms with Crippen LogP contribution in [-0.4, -0.2) is 17.0 Å². The average molecular weight is 319 g/mol. The Labute approximate surface area is 139 Å². The van der Waals surface area contributed by atoms with Gasteiger partial charge in [0.2, 0.25) is 5.91 Å². The lowest BCUT2D eigenvalue weighted by atomic mass is 10.0. The van der Waals surface area contributed by atoms with E-state index in [1.807, 2.05) is 42.5 Å². The Kier molecular flexibility index (Phi) is 4.57. The van der Waals surface area contributed by atoms with E-state index in [2.05, 4.69) is 5.32 Å². The number of benzene rings is 3. The van der Waals surface area contributed by atoms with Crippen LogP contribution < -0.4 is 5.32 Å². The number of fused-ring (bicyclic) bond motifs is 1. The van der Waals surface area contributed by atoms with Crippen molar-refractivity contribution in [2.24, 2.45) is 0 Å². The molecular weight excluding hydrogens is 302 g/mol. The fourth-order valence-corrected chi connectivity index (χ4v) is 2.71. The second-order valence-electron chi connectivity index (χ2n) is 5.63. The average Bonchev–Trinajstić information content (AvgIpc) is 2.56. The molecule has 4 heteroatoms. The molecule has 0 radical (unpaired) electrons. The van der Waals surface area contributed by atoms with Crippen molar-refractivity contribution in [3.63, 3.8) is 0 Å². The van der Waals surface area contributed by atoms with Gasteiger partial charge in [-0.3, -0.25) is 9.59 Å². The van der Waals surface area contributed by atoms with Gasteiger partial charge in [-0.1, -0.05) is 54.6 Å². The Morgan fingerprint density at radius 2 is 1.54 bits per heavy atom. The molecule has 0 bridgehead atoms. The van der Waals surface area contributed by atoms with Gasteiger partial charge in [0.15, 0.2) is 0 Å². The van der Waals surface area contributed by atoms with Gasteiger partial charge in [0.1, 0.15) is 0 Å². The van der Waals surface area contributed by atoms with E-state index in [1.165, 1.54) is 0 Å². The van der Waals surface area contributed by atoms with Crippen molar-refractivity contribution >= 4 is 28.3 Å². The molecule has 0 aliphatic rings. The number of carboxylic acid groups (broad SMARTS) is 1. The van der Waals surface area contributed by atoms with E-state index in [9.17, 15) is 9.59 Å². The first-order valence-corrected chi connectivity index (χ1v) is 7.69. The molecule has 0 atom stereocenters. The van der Waals surface area contributed by atoms with Crippen molar-refractivity contribution in [2.45, 2.75) is 12.8 Å². The second-order valence-corrected chi connectivity index (χ2v) is 5.63. The maximum absolute atomic E-state index is 12.3. The second kappa shape index (κ2) is 6.96. The van der Waals surface area contributed by atoms with Gasteiger partial charge in [-0.05, 0) is 34.0 Å². The van der Waals surface area contributed by atoms with Crippen molar-refractivity contribution in [3.05, 3.63) is 77.9 Å². The van der Waals surface area contributed by atoms with Crippen LogP contribution in [0.3, 0.4) is 0 Å². The van der Waals surface area contributed by atoms with Crippen LogP contribution >= 0.6 is 0 Å². The number of carbonyl (C=O) groups excluding carboxylic acids is 1. The van der Waals surface area contributed by atoms with Crippen LogP contribution in [0.1, 0.15) is 11.1 Å². The van der Waals surface area contributed by atoms with Gasteiger partial charge < -0.3 is 10.4 Å². The zero-order chi connectivity index (χ0) is 16.9. The molecule has 24 heavy (non-hydrogen) atoms. The minimum absolute atomic E-state index is 0.0236. The lowest BCUT2D eigenvalue weighted by molar-refractivity contribution is -0.136. The maximum Gasteiger partial charge on any atom is 0.307 e. The number of hydrogen-bond acceptors (Lipinski definition) is 2. The van der Waals surface area contributed by atoms with E-state index in [0.29, 0.717) is 11.3 Å². The summed E-state index contributed by atoms with van der Waals surface area (Å²) in [4.78, 5) is 23.0. The summed E-state index contributed by atoms with van der Waals surface area (Å²) in [6, 6.07) is 20.8. The predicted octanol–water partition coefficient (Wildman–Crippen LogP) is 3.65. The van der Waals surface area contributed by atoms with Gasteiger partial charge >= 0.3 is 5.97 Å². The number of anilines is 1. The van der Waals surface area contributed by atoms with Gasteiger partial charge in [-0.2, -0.15) is 0 Å². The van der Waals surface area contributed by atoms with Crippen LogP contribution in [0.15, 0.2) is 66.7 Å². The first-order chi connectivity index (χ1) is 11.6. The fraction of sp³-hybridized carbons (Fsp3) is 0.100. The summed E-state index contributed by atoms with van der Waals surface area (Å²) >= 11 is 0. The summed E-state index contributed by atoms with van der Waals surface area (Å²) in [6.07, 6.45) is 0.266. The van der Waals surface area contributed by atoms with Crippen molar-refractivity contribution < 1.29 is 14.7 Å². The molecule has 0 saturated heterocycles. The molecule has 0 unspecified atom stereocenters. The Hall–Kier alpha value is -3.14. The van der Waals surface area contributed by atoms with Crippen LogP contribution in [0, 0.1) is 0 Å². The van der Waals surface area contributed by atoms with E-state index in [0.717, 1.165) is 16.3 Å². The van der Waals surface area contributed by atoms with E-state index >= 15 is 0 Å². The summed E-state index contributed by atoms with van der Waals surface area (Å²) in [5.74, 6) is -0.972. The molecule has 0 aromatic heterocycles. The molecule has 0 fully saturated rings. The summed E-state index contributed by atoms with van der Waals surface area (Å²) < 4.78 is 0. The molecule has 1 amide bonds. The molecule has 0 aliphatic carbocycles. The van der Waals surface area contributed by atoms with Crippen LogP contribution in [0.25, 0.3) is 10.8 Å². The van der Waals surface area contributed by atoms with Gasteiger partial charge in [0, 0.05) is 5.69 Å². The standard InChI is InChI=1S/C20H17NO3/c22-19(21-17-10-8-14(9-11-17)12-20(23)24)13-16-6-3-5-15-4-1-2-7-18(15)16/h1-11H,12-13H2,(H,21,22)(H,23,24). The minimum atomic E-state index is -0.872. The summed E-state index contributed by atoms with van der Waals surface area (Å²) in [7, 11) is 0. The Balaban J connectivity index is 1.70. The largest absolute Gasteiger partial charge is 0.481 e. The van der Waals surface area contributed by atoms with Crippen LogP contribution in [0.5, 0.6) is 0 Å². The van der Waals surface area contributed by atoms with E-state index in [4.69, 9.17) is 5.11 Å². The van der Waals surface area contributed by atoms with Crippen molar-refractivity contribution in [3.8, 4) is 0 Å². The summed E-state index contributed by atoms with van der Waals surface area (Å²) in [5.41, 5.74) is 2.34. The SMILES string of the molecule is O=C(O)Cc1ccc(NC(=O)Cc2cccc3ccccc23)cc1. The van der Waals surface area contributed by atoms with Gasteiger partial charge in [-0.15, -0.1) is 0 Å². The van der Waals surface area contributed by atoms with Gasteiger partial charge in [0.25, 0.3) is 0 Å². The number of carboxylic acids is 1. The van der Waals surface area contributed by atoms with Crippen molar-refractivity contribution in [2.75, 3.05) is 5.32 Å². The van der Waals surface area contributed by atoms with E-state index in [-0.39, 0.29) is 18.7 Å². The first kappa shape index (κ1) is 15.7. The third kappa shape index (κ3) is 3.79. The molecule has 3 aromatic rings. The number of rotatable bonds is 5. The lowest BCUT2D eigenvalue weighted by Gasteiger charge is -2.08. The molecule has 0 aliphatic heterocycles. The lowest BCUT2D eigenvalue weighted by Crippen LogP contribution is -2.14. The first-order valence-electron chi connectivity index (χ1n) is 7.69.